The Morgan fingerprint density at radius 1 is 1.21 bits per heavy atom. The van der Waals surface area contributed by atoms with Crippen molar-refractivity contribution in [2.75, 3.05) is 13.7 Å². The minimum atomic E-state index is 0.513. The molecule has 0 saturated heterocycles. The zero-order chi connectivity index (χ0) is 10.6. The summed E-state index contributed by atoms with van der Waals surface area (Å²) in [4.78, 5) is 0. The van der Waals surface area contributed by atoms with Gasteiger partial charge in [-0.1, -0.05) is 19.9 Å². The second-order valence-corrected chi connectivity index (χ2v) is 3.50. The lowest BCUT2D eigenvalue weighted by molar-refractivity contribution is 0.310. The molecule has 78 valence electrons. The first-order valence-electron chi connectivity index (χ1n) is 4.99. The zero-order valence-electron chi connectivity index (χ0n) is 9.33. The van der Waals surface area contributed by atoms with Gasteiger partial charge in [0.1, 0.15) is 0 Å². The van der Waals surface area contributed by atoms with E-state index in [1.807, 2.05) is 19.1 Å². The third-order valence-corrected chi connectivity index (χ3v) is 2.15. The molecule has 0 spiro atoms. The summed E-state index contributed by atoms with van der Waals surface area (Å²) in [7, 11) is 1.67. The Morgan fingerprint density at radius 3 is 2.43 bits per heavy atom. The molecule has 0 fully saturated rings. The molecule has 1 aromatic carbocycles. The maximum Gasteiger partial charge on any atom is 0.161 e. The number of hydrogen-bond donors (Lipinski definition) is 0. The molecule has 0 saturated carbocycles. The van der Waals surface area contributed by atoms with E-state index in [0.717, 1.165) is 11.5 Å². The van der Waals surface area contributed by atoms with E-state index in [1.165, 1.54) is 5.56 Å². The van der Waals surface area contributed by atoms with Crippen LogP contribution in [0, 0.1) is 0 Å². The number of methoxy groups -OCH3 is 1. The van der Waals surface area contributed by atoms with Gasteiger partial charge in [-0.3, -0.25) is 0 Å². The van der Waals surface area contributed by atoms with Crippen LogP contribution in [-0.4, -0.2) is 13.7 Å². The Bertz CT molecular complexity index is 292. The van der Waals surface area contributed by atoms with E-state index in [0.29, 0.717) is 12.5 Å². The minimum absolute atomic E-state index is 0.513. The van der Waals surface area contributed by atoms with Gasteiger partial charge in [0.25, 0.3) is 0 Å². The van der Waals surface area contributed by atoms with E-state index in [-0.39, 0.29) is 0 Å². The van der Waals surface area contributed by atoms with Gasteiger partial charge in [-0.2, -0.15) is 0 Å². The first-order chi connectivity index (χ1) is 6.69. The van der Waals surface area contributed by atoms with Crippen molar-refractivity contribution in [1.82, 2.24) is 0 Å². The summed E-state index contributed by atoms with van der Waals surface area (Å²) >= 11 is 0. The molecule has 0 bridgehead atoms. The van der Waals surface area contributed by atoms with Crippen molar-refractivity contribution in [1.29, 1.82) is 0 Å². The standard InChI is InChI=1S/C12H18O2/c1-5-14-11-7-6-10(9(2)3)8-12(11)13-4/h6-9H,5H2,1-4H3. The van der Waals surface area contributed by atoms with Crippen LogP contribution in [0.25, 0.3) is 0 Å². The Kier molecular flexibility index (Phi) is 3.81. The Balaban J connectivity index is 2.98. The maximum absolute atomic E-state index is 5.44. The van der Waals surface area contributed by atoms with Gasteiger partial charge in [0.2, 0.25) is 0 Å². The lowest BCUT2D eigenvalue weighted by Gasteiger charge is -2.12. The molecule has 0 amide bonds. The summed E-state index contributed by atoms with van der Waals surface area (Å²) in [5.74, 6) is 2.15. The summed E-state index contributed by atoms with van der Waals surface area (Å²) in [6.07, 6.45) is 0. The quantitative estimate of drug-likeness (QED) is 0.732. The molecule has 0 unspecified atom stereocenters. The van der Waals surface area contributed by atoms with Crippen LogP contribution in [0.1, 0.15) is 32.3 Å². The van der Waals surface area contributed by atoms with E-state index in [9.17, 15) is 0 Å². The van der Waals surface area contributed by atoms with E-state index < -0.39 is 0 Å². The molecule has 0 aliphatic rings. The van der Waals surface area contributed by atoms with Gasteiger partial charge in [0, 0.05) is 0 Å². The van der Waals surface area contributed by atoms with Gasteiger partial charge in [-0.25, -0.2) is 0 Å². The highest BCUT2D eigenvalue weighted by molar-refractivity contribution is 5.43. The largest absolute Gasteiger partial charge is 0.493 e. The summed E-state index contributed by atoms with van der Waals surface area (Å²) in [5, 5.41) is 0. The van der Waals surface area contributed by atoms with Crippen molar-refractivity contribution < 1.29 is 9.47 Å². The minimum Gasteiger partial charge on any atom is -0.493 e. The van der Waals surface area contributed by atoms with Crippen LogP contribution >= 0.6 is 0 Å². The van der Waals surface area contributed by atoms with Crippen LogP contribution in [0.15, 0.2) is 18.2 Å². The average molecular weight is 194 g/mol. The molecule has 0 aliphatic heterocycles. The molecule has 0 atom stereocenters. The fourth-order valence-electron chi connectivity index (χ4n) is 1.32. The molecule has 0 radical (unpaired) electrons. The predicted octanol–water partition coefficient (Wildman–Crippen LogP) is 3.22. The lowest BCUT2D eigenvalue weighted by Crippen LogP contribution is -1.97. The molecular weight excluding hydrogens is 176 g/mol. The highest BCUT2D eigenvalue weighted by Gasteiger charge is 2.06. The van der Waals surface area contributed by atoms with Gasteiger partial charge < -0.3 is 9.47 Å². The fourth-order valence-corrected chi connectivity index (χ4v) is 1.32. The van der Waals surface area contributed by atoms with Crippen molar-refractivity contribution in [3.05, 3.63) is 23.8 Å². The smallest absolute Gasteiger partial charge is 0.161 e. The van der Waals surface area contributed by atoms with Crippen LogP contribution in [0.4, 0.5) is 0 Å². The molecular formula is C12H18O2. The van der Waals surface area contributed by atoms with Crippen molar-refractivity contribution in [3.8, 4) is 11.5 Å². The van der Waals surface area contributed by atoms with Crippen molar-refractivity contribution in [3.63, 3.8) is 0 Å². The molecule has 2 nitrogen and oxygen atoms in total. The molecule has 0 aliphatic carbocycles. The van der Waals surface area contributed by atoms with E-state index in [2.05, 4.69) is 19.9 Å². The Hall–Kier alpha value is -1.18. The Morgan fingerprint density at radius 2 is 1.93 bits per heavy atom. The third-order valence-electron chi connectivity index (χ3n) is 2.15. The molecule has 1 rings (SSSR count). The molecule has 0 aromatic heterocycles. The molecule has 0 N–H and O–H groups in total. The van der Waals surface area contributed by atoms with Crippen molar-refractivity contribution >= 4 is 0 Å². The van der Waals surface area contributed by atoms with E-state index >= 15 is 0 Å². The topological polar surface area (TPSA) is 18.5 Å². The maximum atomic E-state index is 5.44. The Labute approximate surface area is 85.8 Å². The van der Waals surface area contributed by atoms with Crippen molar-refractivity contribution in [2.45, 2.75) is 26.7 Å². The summed E-state index contributed by atoms with van der Waals surface area (Å²) in [6, 6.07) is 6.09. The normalized spacial score (nSPS) is 10.4. The number of ether oxygens (including phenoxy) is 2. The van der Waals surface area contributed by atoms with Crippen LogP contribution in [0.2, 0.25) is 0 Å². The fraction of sp³-hybridized carbons (Fsp3) is 0.500. The number of rotatable bonds is 4. The summed E-state index contributed by atoms with van der Waals surface area (Å²) in [6.45, 7) is 6.96. The number of benzene rings is 1. The van der Waals surface area contributed by atoms with Crippen LogP contribution < -0.4 is 9.47 Å². The lowest BCUT2D eigenvalue weighted by atomic mass is 10.0. The average Bonchev–Trinajstić information content (AvgIpc) is 2.18. The van der Waals surface area contributed by atoms with Crippen LogP contribution in [0.3, 0.4) is 0 Å². The third kappa shape index (κ3) is 2.41. The van der Waals surface area contributed by atoms with E-state index in [4.69, 9.17) is 9.47 Å². The van der Waals surface area contributed by atoms with Crippen LogP contribution in [0.5, 0.6) is 11.5 Å². The first-order valence-corrected chi connectivity index (χ1v) is 4.99. The molecule has 1 aromatic rings. The first kappa shape index (κ1) is 10.9. The van der Waals surface area contributed by atoms with Crippen LogP contribution in [-0.2, 0) is 0 Å². The second-order valence-electron chi connectivity index (χ2n) is 3.50. The SMILES string of the molecule is CCOc1ccc(C(C)C)cc1OC. The van der Waals surface area contributed by atoms with E-state index in [1.54, 1.807) is 7.11 Å². The monoisotopic (exact) mass is 194 g/mol. The van der Waals surface area contributed by atoms with Gasteiger partial charge in [-0.05, 0) is 30.5 Å². The zero-order valence-corrected chi connectivity index (χ0v) is 9.33. The molecule has 14 heavy (non-hydrogen) atoms. The summed E-state index contributed by atoms with van der Waals surface area (Å²) in [5.41, 5.74) is 1.27. The molecule has 2 heteroatoms. The highest BCUT2D eigenvalue weighted by Crippen LogP contribution is 2.30. The van der Waals surface area contributed by atoms with Gasteiger partial charge in [0.15, 0.2) is 11.5 Å². The predicted molar refractivity (Wildman–Crippen MR) is 58.3 cm³/mol. The highest BCUT2D eigenvalue weighted by atomic mass is 16.5. The van der Waals surface area contributed by atoms with Gasteiger partial charge in [-0.15, -0.1) is 0 Å². The van der Waals surface area contributed by atoms with Crippen molar-refractivity contribution in [2.24, 2.45) is 0 Å². The second kappa shape index (κ2) is 4.89. The number of hydrogen-bond acceptors (Lipinski definition) is 2. The van der Waals surface area contributed by atoms with Gasteiger partial charge >= 0.3 is 0 Å². The summed E-state index contributed by atoms with van der Waals surface area (Å²) < 4.78 is 10.7. The molecule has 0 heterocycles. The van der Waals surface area contributed by atoms with Gasteiger partial charge in [0.05, 0.1) is 13.7 Å².